The molecule has 1 aliphatic rings. The Hall–Kier alpha value is -0.100. The van der Waals surface area contributed by atoms with Crippen LogP contribution >= 0.6 is 22.9 Å². The lowest BCUT2D eigenvalue weighted by molar-refractivity contribution is 0.397. The SMILES string of the molecule is CC(CCl)CS(=O)(=O)N1CCCC1c1cccs1. The van der Waals surface area contributed by atoms with E-state index < -0.39 is 10.0 Å². The molecule has 0 amide bonds. The van der Waals surface area contributed by atoms with Crippen molar-refractivity contribution in [1.29, 1.82) is 0 Å². The molecular weight excluding hydrogens is 290 g/mol. The third-order valence-corrected chi connectivity index (χ3v) is 6.83. The highest BCUT2D eigenvalue weighted by Crippen LogP contribution is 2.36. The van der Waals surface area contributed by atoms with Crippen LogP contribution in [-0.2, 0) is 10.0 Å². The molecule has 0 bridgehead atoms. The smallest absolute Gasteiger partial charge is 0.212 e. The summed E-state index contributed by atoms with van der Waals surface area (Å²) in [4.78, 5) is 1.15. The molecule has 102 valence electrons. The molecule has 2 rings (SSSR count). The molecular formula is C12H18ClNO2S2. The summed E-state index contributed by atoms with van der Waals surface area (Å²) in [7, 11) is -3.19. The highest BCUT2D eigenvalue weighted by Gasteiger charge is 2.36. The maximum atomic E-state index is 12.4. The minimum absolute atomic E-state index is 0.00116. The normalized spacial score (nSPS) is 23.3. The van der Waals surface area contributed by atoms with Crippen LogP contribution in [0.1, 0.15) is 30.7 Å². The van der Waals surface area contributed by atoms with Crippen LogP contribution in [0.4, 0.5) is 0 Å². The fourth-order valence-corrected chi connectivity index (χ4v) is 5.56. The summed E-state index contributed by atoms with van der Waals surface area (Å²) in [6.07, 6.45) is 1.87. The van der Waals surface area contributed by atoms with Crippen molar-refractivity contribution in [2.75, 3.05) is 18.2 Å². The average Bonchev–Trinajstić information content (AvgIpc) is 2.98. The van der Waals surface area contributed by atoms with E-state index in [4.69, 9.17) is 11.6 Å². The Labute approximate surface area is 118 Å². The van der Waals surface area contributed by atoms with Crippen LogP contribution in [0.15, 0.2) is 17.5 Å². The molecule has 1 aliphatic heterocycles. The van der Waals surface area contributed by atoms with Crippen LogP contribution in [0.3, 0.4) is 0 Å². The summed E-state index contributed by atoms with van der Waals surface area (Å²) < 4.78 is 26.4. The van der Waals surface area contributed by atoms with Crippen LogP contribution < -0.4 is 0 Å². The van der Waals surface area contributed by atoms with Crippen molar-refractivity contribution in [3.05, 3.63) is 22.4 Å². The van der Waals surface area contributed by atoms with Gasteiger partial charge in [0.2, 0.25) is 10.0 Å². The Kier molecular flexibility index (Phi) is 4.69. The van der Waals surface area contributed by atoms with E-state index in [1.54, 1.807) is 15.6 Å². The lowest BCUT2D eigenvalue weighted by atomic mass is 10.2. The van der Waals surface area contributed by atoms with Crippen LogP contribution in [-0.4, -0.2) is 30.9 Å². The fourth-order valence-electron chi connectivity index (χ4n) is 2.34. The summed E-state index contributed by atoms with van der Waals surface area (Å²) in [5.41, 5.74) is 0. The second-order valence-electron chi connectivity index (χ2n) is 4.82. The Morgan fingerprint density at radius 1 is 1.61 bits per heavy atom. The van der Waals surface area contributed by atoms with E-state index in [0.29, 0.717) is 12.4 Å². The number of nitrogens with zero attached hydrogens (tertiary/aromatic N) is 1. The lowest BCUT2D eigenvalue weighted by Gasteiger charge is -2.24. The summed E-state index contributed by atoms with van der Waals surface area (Å²) in [5.74, 6) is 0.538. The Morgan fingerprint density at radius 2 is 2.39 bits per heavy atom. The molecule has 1 aromatic rings. The van der Waals surface area contributed by atoms with Crippen molar-refractivity contribution in [1.82, 2.24) is 4.31 Å². The van der Waals surface area contributed by atoms with Gasteiger partial charge in [-0.25, -0.2) is 8.42 Å². The predicted molar refractivity (Wildman–Crippen MR) is 76.7 cm³/mol. The van der Waals surface area contributed by atoms with Gasteiger partial charge in [0, 0.05) is 17.3 Å². The number of alkyl halides is 1. The van der Waals surface area contributed by atoms with Gasteiger partial charge in [-0.3, -0.25) is 0 Å². The minimum atomic E-state index is -3.19. The van der Waals surface area contributed by atoms with Gasteiger partial charge >= 0.3 is 0 Å². The fraction of sp³-hybridized carbons (Fsp3) is 0.667. The zero-order valence-corrected chi connectivity index (χ0v) is 12.8. The van der Waals surface area contributed by atoms with Gasteiger partial charge in [0.15, 0.2) is 0 Å². The number of hydrogen-bond donors (Lipinski definition) is 0. The molecule has 2 atom stereocenters. The number of halogens is 1. The molecule has 0 saturated carbocycles. The largest absolute Gasteiger partial charge is 0.214 e. The Bertz CT molecular complexity index is 472. The second kappa shape index (κ2) is 5.90. The molecule has 1 fully saturated rings. The second-order valence-corrected chi connectivity index (χ2v) is 8.08. The zero-order chi connectivity index (χ0) is 13.2. The molecule has 2 heterocycles. The molecule has 0 spiro atoms. The maximum absolute atomic E-state index is 12.4. The number of sulfonamides is 1. The van der Waals surface area contributed by atoms with Gasteiger partial charge in [-0.2, -0.15) is 4.31 Å². The summed E-state index contributed by atoms with van der Waals surface area (Å²) >= 11 is 7.35. The predicted octanol–water partition coefficient (Wildman–Crippen LogP) is 3.09. The lowest BCUT2D eigenvalue weighted by Crippen LogP contribution is -2.34. The van der Waals surface area contributed by atoms with Gasteiger partial charge < -0.3 is 0 Å². The standard InChI is InChI=1S/C12H18ClNO2S2/c1-10(8-13)9-18(15,16)14-6-2-4-11(14)12-5-3-7-17-12/h3,5,7,10-11H,2,4,6,8-9H2,1H3. The third-order valence-electron chi connectivity index (χ3n) is 3.19. The molecule has 1 aromatic heterocycles. The van der Waals surface area contributed by atoms with E-state index in [1.165, 1.54) is 0 Å². The van der Waals surface area contributed by atoms with Crippen LogP contribution in [0.25, 0.3) is 0 Å². The molecule has 0 radical (unpaired) electrons. The van der Waals surface area contributed by atoms with E-state index in [9.17, 15) is 8.42 Å². The molecule has 0 aliphatic carbocycles. The molecule has 1 saturated heterocycles. The van der Waals surface area contributed by atoms with Gasteiger partial charge in [0.25, 0.3) is 0 Å². The summed E-state index contributed by atoms with van der Waals surface area (Å²) in [5, 5.41) is 2.00. The summed E-state index contributed by atoms with van der Waals surface area (Å²) in [6.45, 7) is 2.51. The van der Waals surface area contributed by atoms with Crippen molar-refractivity contribution in [3.63, 3.8) is 0 Å². The average molecular weight is 308 g/mol. The monoisotopic (exact) mass is 307 g/mol. The summed E-state index contributed by atoms with van der Waals surface area (Å²) in [6, 6.07) is 4.04. The maximum Gasteiger partial charge on any atom is 0.214 e. The molecule has 6 heteroatoms. The third kappa shape index (κ3) is 3.07. The van der Waals surface area contributed by atoms with Gasteiger partial charge in [-0.15, -0.1) is 22.9 Å². The molecule has 0 aromatic carbocycles. The molecule has 0 N–H and O–H groups in total. The molecule has 18 heavy (non-hydrogen) atoms. The Balaban J connectivity index is 2.16. The van der Waals surface area contributed by atoms with Crippen molar-refractivity contribution in [2.45, 2.75) is 25.8 Å². The van der Waals surface area contributed by atoms with Crippen LogP contribution in [0.2, 0.25) is 0 Å². The van der Waals surface area contributed by atoms with Crippen molar-refractivity contribution in [3.8, 4) is 0 Å². The number of thiophene rings is 1. The van der Waals surface area contributed by atoms with E-state index in [-0.39, 0.29) is 17.7 Å². The van der Waals surface area contributed by atoms with Crippen molar-refractivity contribution >= 4 is 33.0 Å². The highest BCUT2D eigenvalue weighted by atomic mass is 35.5. The minimum Gasteiger partial charge on any atom is -0.212 e. The number of hydrogen-bond acceptors (Lipinski definition) is 3. The first-order valence-corrected chi connectivity index (χ1v) is 9.16. The van der Waals surface area contributed by atoms with E-state index in [0.717, 1.165) is 17.7 Å². The van der Waals surface area contributed by atoms with Crippen LogP contribution in [0.5, 0.6) is 0 Å². The first-order valence-electron chi connectivity index (χ1n) is 6.13. The molecule has 3 nitrogen and oxygen atoms in total. The van der Waals surface area contributed by atoms with Crippen LogP contribution in [0, 0.1) is 5.92 Å². The van der Waals surface area contributed by atoms with Crippen molar-refractivity contribution < 1.29 is 8.42 Å². The van der Waals surface area contributed by atoms with Gasteiger partial charge in [-0.05, 0) is 30.2 Å². The zero-order valence-electron chi connectivity index (χ0n) is 10.4. The number of rotatable bonds is 5. The van der Waals surface area contributed by atoms with Gasteiger partial charge in [0.05, 0.1) is 11.8 Å². The Morgan fingerprint density at radius 3 is 3.00 bits per heavy atom. The van der Waals surface area contributed by atoms with E-state index in [1.807, 2.05) is 24.4 Å². The van der Waals surface area contributed by atoms with Crippen molar-refractivity contribution in [2.24, 2.45) is 5.92 Å². The van der Waals surface area contributed by atoms with Gasteiger partial charge in [-0.1, -0.05) is 13.0 Å². The van der Waals surface area contributed by atoms with E-state index >= 15 is 0 Å². The van der Waals surface area contributed by atoms with Gasteiger partial charge in [0.1, 0.15) is 0 Å². The quantitative estimate of drug-likeness (QED) is 0.784. The topological polar surface area (TPSA) is 37.4 Å². The first-order chi connectivity index (χ1) is 8.54. The first kappa shape index (κ1) is 14.3. The highest BCUT2D eigenvalue weighted by molar-refractivity contribution is 7.89. The van der Waals surface area contributed by atoms with E-state index in [2.05, 4.69) is 0 Å². The molecule has 2 unspecified atom stereocenters.